The number of carbonyl (C=O) groups excluding carboxylic acids is 1. The van der Waals surface area contributed by atoms with Crippen LogP contribution in [0.1, 0.15) is 74.8 Å². The molecule has 164 valence electrons. The Morgan fingerprint density at radius 3 is 2.55 bits per heavy atom. The Morgan fingerprint density at radius 1 is 1.23 bits per heavy atom. The van der Waals surface area contributed by atoms with E-state index in [1.807, 2.05) is 0 Å². The van der Waals surface area contributed by atoms with Gasteiger partial charge in [-0.3, -0.25) is 10.1 Å². The summed E-state index contributed by atoms with van der Waals surface area (Å²) < 4.78 is 22.2. The summed E-state index contributed by atoms with van der Waals surface area (Å²) in [6.45, 7) is 5.30. The molecule has 0 spiro atoms. The van der Waals surface area contributed by atoms with Crippen molar-refractivity contribution in [1.29, 1.82) is 0 Å². The number of aromatic nitrogens is 1. The van der Waals surface area contributed by atoms with Crippen molar-refractivity contribution in [2.45, 2.75) is 64.5 Å². The van der Waals surface area contributed by atoms with E-state index in [1.165, 1.54) is 6.20 Å². The molecule has 2 aliphatic carbocycles. The molecule has 0 aliphatic heterocycles. The van der Waals surface area contributed by atoms with Gasteiger partial charge in [0.2, 0.25) is 5.43 Å². The van der Waals surface area contributed by atoms with Gasteiger partial charge in [-0.05, 0) is 70.6 Å². The summed E-state index contributed by atoms with van der Waals surface area (Å²) in [7, 11) is 0. The van der Waals surface area contributed by atoms with Crippen molar-refractivity contribution >= 4 is 28.5 Å². The predicted octanol–water partition coefficient (Wildman–Crippen LogP) is 4.59. The first-order chi connectivity index (χ1) is 14.5. The number of fused-ring (bicyclic) bond motifs is 1. The number of aromatic carboxylic acids is 1. The van der Waals surface area contributed by atoms with Crippen LogP contribution in [-0.2, 0) is 4.74 Å². The molecule has 2 aromatic rings. The summed E-state index contributed by atoms with van der Waals surface area (Å²) in [4.78, 5) is 36.4. The zero-order chi connectivity index (χ0) is 22.5. The van der Waals surface area contributed by atoms with Crippen molar-refractivity contribution < 1.29 is 23.8 Å². The lowest BCUT2D eigenvalue weighted by molar-refractivity contribution is 0.0544. The number of alkyl carbamates (subject to hydrolysis) is 1. The molecule has 1 aromatic carbocycles. The van der Waals surface area contributed by atoms with Crippen LogP contribution in [0.3, 0.4) is 0 Å². The van der Waals surface area contributed by atoms with Gasteiger partial charge >= 0.3 is 12.1 Å². The van der Waals surface area contributed by atoms with E-state index in [4.69, 9.17) is 4.74 Å². The van der Waals surface area contributed by atoms with Gasteiger partial charge < -0.3 is 14.4 Å². The normalized spacial score (nSPS) is 16.6. The minimum atomic E-state index is -1.33. The molecule has 0 bridgehead atoms. The molecule has 8 heteroatoms. The van der Waals surface area contributed by atoms with Crippen LogP contribution < -0.4 is 10.7 Å². The number of rotatable bonds is 4. The van der Waals surface area contributed by atoms with Crippen LogP contribution in [0.25, 0.3) is 16.5 Å². The third-order valence-corrected chi connectivity index (χ3v) is 5.49. The lowest BCUT2D eigenvalue weighted by atomic mass is 10.00. The fraction of sp³-hybridized carbons (Fsp3) is 0.435. The summed E-state index contributed by atoms with van der Waals surface area (Å²) in [5, 5.41) is 12.2. The number of nitrogens with zero attached hydrogens (tertiary/aromatic N) is 1. The Balaban J connectivity index is 1.82. The third-order valence-electron chi connectivity index (χ3n) is 5.49. The first-order valence-electron chi connectivity index (χ1n) is 10.4. The Hall–Kier alpha value is -3.16. The highest BCUT2D eigenvalue weighted by Gasteiger charge is 2.29. The van der Waals surface area contributed by atoms with E-state index in [0.717, 1.165) is 25.3 Å². The van der Waals surface area contributed by atoms with Crippen molar-refractivity contribution in [2.24, 2.45) is 0 Å². The number of carboxylic acids is 1. The van der Waals surface area contributed by atoms with E-state index in [1.54, 1.807) is 31.4 Å². The van der Waals surface area contributed by atoms with Crippen LogP contribution >= 0.6 is 0 Å². The lowest BCUT2D eigenvalue weighted by Crippen LogP contribution is -2.32. The van der Waals surface area contributed by atoms with Gasteiger partial charge in [-0.1, -0.05) is 0 Å². The second-order valence-electron chi connectivity index (χ2n) is 9.10. The van der Waals surface area contributed by atoms with Crippen LogP contribution in [0.15, 0.2) is 28.8 Å². The number of carboxylic acid groups (broad SMARTS) is 1. The number of benzene rings is 1. The summed E-state index contributed by atoms with van der Waals surface area (Å²) >= 11 is 0. The Labute approximate surface area is 178 Å². The second-order valence-corrected chi connectivity index (χ2v) is 9.10. The minimum Gasteiger partial charge on any atom is -0.477 e. The van der Waals surface area contributed by atoms with Crippen molar-refractivity contribution in [3.63, 3.8) is 0 Å². The van der Waals surface area contributed by atoms with E-state index in [9.17, 15) is 19.5 Å². The van der Waals surface area contributed by atoms with Gasteiger partial charge in [0, 0.05) is 28.9 Å². The van der Waals surface area contributed by atoms with Gasteiger partial charge in [0.1, 0.15) is 17.0 Å². The van der Waals surface area contributed by atoms with Crippen LogP contribution in [0.5, 0.6) is 0 Å². The molecule has 4 rings (SSSR count). The number of halogens is 1. The van der Waals surface area contributed by atoms with Crippen LogP contribution in [0.4, 0.5) is 9.18 Å². The summed E-state index contributed by atoms with van der Waals surface area (Å²) in [5.74, 6) is -1.94. The fourth-order valence-electron chi connectivity index (χ4n) is 4.01. The summed E-state index contributed by atoms with van der Waals surface area (Å²) in [6.07, 6.45) is 4.42. The average Bonchev–Trinajstić information content (AvgIpc) is 3.40. The van der Waals surface area contributed by atoms with Crippen LogP contribution in [-0.4, -0.2) is 27.3 Å². The van der Waals surface area contributed by atoms with E-state index in [0.29, 0.717) is 35.2 Å². The highest BCUT2D eigenvalue weighted by Crippen LogP contribution is 2.39. The molecule has 2 N–H and O–H groups in total. The molecular formula is C23H25FN2O5. The quantitative estimate of drug-likeness (QED) is 0.742. The minimum absolute atomic E-state index is 0.0494. The zero-order valence-corrected chi connectivity index (χ0v) is 17.8. The number of hydrogen-bond donors (Lipinski definition) is 2. The van der Waals surface area contributed by atoms with Crippen molar-refractivity contribution in [1.82, 2.24) is 9.88 Å². The van der Waals surface area contributed by atoms with Gasteiger partial charge in [0.15, 0.2) is 0 Å². The number of carbonyl (C=O) groups is 2. The van der Waals surface area contributed by atoms with Gasteiger partial charge in [0.25, 0.3) is 0 Å². The number of ether oxygens (including phenoxy) is 1. The smallest absolute Gasteiger partial charge is 0.411 e. The monoisotopic (exact) mass is 428 g/mol. The van der Waals surface area contributed by atoms with Gasteiger partial charge in [-0.15, -0.1) is 0 Å². The van der Waals surface area contributed by atoms with Gasteiger partial charge in [0.05, 0.1) is 5.52 Å². The molecule has 7 nitrogen and oxygen atoms in total. The molecule has 1 aromatic heterocycles. The Bertz CT molecular complexity index is 1190. The molecule has 31 heavy (non-hydrogen) atoms. The highest BCUT2D eigenvalue weighted by atomic mass is 19.1. The van der Waals surface area contributed by atoms with E-state index in [-0.39, 0.29) is 17.0 Å². The van der Waals surface area contributed by atoms with Crippen molar-refractivity contribution in [3.05, 3.63) is 51.2 Å². The largest absolute Gasteiger partial charge is 0.477 e. The third kappa shape index (κ3) is 4.19. The zero-order valence-electron chi connectivity index (χ0n) is 17.8. The van der Waals surface area contributed by atoms with E-state index in [2.05, 4.69) is 5.32 Å². The predicted molar refractivity (Wildman–Crippen MR) is 114 cm³/mol. The maximum Gasteiger partial charge on any atom is 0.411 e. The molecule has 0 atom stereocenters. The number of nitrogens with one attached hydrogen (secondary N) is 1. The average molecular weight is 428 g/mol. The molecule has 0 radical (unpaired) electrons. The van der Waals surface area contributed by atoms with E-state index < -0.39 is 28.9 Å². The Morgan fingerprint density at radius 2 is 1.94 bits per heavy atom. The maximum atomic E-state index is 15.1. The second kappa shape index (κ2) is 7.51. The summed E-state index contributed by atoms with van der Waals surface area (Å²) in [6, 6.07) is 2.82. The van der Waals surface area contributed by atoms with Crippen molar-refractivity contribution in [2.75, 3.05) is 0 Å². The van der Waals surface area contributed by atoms with Crippen molar-refractivity contribution in [3.8, 4) is 0 Å². The number of allylic oxidation sites excluding steroid dienone is 2. The Kier molecular flexibility index (Phi) is 5.11. The first-order valence-corrected chi connectivity index (χ1v) is 10.4. The molecule has 2 aliphatic rings. The molecule has 1 heterocycles. The standard InChI is InChI=1S/C23H25FN2O5/c1-23(2,3)31-22(30)25-18-6-4-5-13(18)14-10-19-15(9-17(14)24)20(27)16(21(28)29)11-26(19)12-7-8-12/h9-12H,4-8H2,1-3H3,(H,25,30)(H,28,29). The number of amides is 1. The van der Waals surface area contributed by atoms with E-state index >= 15 is 4.39 Å². The molecule has 1 saturated carbocycles. The number of pyridine rings is 1. The SMILES string of the molecule is CC(C)(C)OC(=O)NC1=C(c2cc3c(cc2F)c(=O)c(C(=O)O)cn3C2CC2)CCC1. The topological polar surface area (TPSA) is 97.6 Å². The number of hydrogen-bond acceptors (Lipinski definition) is 4. The first kappa shape index (κ1) is 21.1. The van der Waals surface area contributed by atoms with Gasteiger partial charge in [-0.2, -0.15) is 0 Å². The summed E-state index contributed by atoms with van der Waals surface area (Å²) in [5.41, 5.74) is 0.381. The lowest BCUT2D eigenvalue weighted by Gasteiger charge is -2.20. The molecule has 1 fully saturated rings. The maximum absolute atomic E-state index is 15.1. The highest BCUT2D eigenvalue weighted by molar-refractivity contribution is 5.94. The van der Waals surface area contributed by atoms with Gasteiger partial charge in [-0.25, -0.2) is 14.0 Å². The molecule has 0 unspecified atom stereocenters. The molecule has 0 saturated heterocycles. The van der Waals surface area contributed by atoms with Crippen LogP contribution in [0.2, 0.25) is 0 Å². The van der Waals surface area contributed by atoms with Crippen LogP contribution in [0, 0.1) is 5.82 Å². The molecular weight excluding hydrogens is 403 g/mol. The molecule has 1 amide bonds. The fourth-order valence-corrected chi connectivity index (χ4v) is 4.01.